The fourth-order valence-electron chi connectivity index (χ4n) is 1.26. The molecule has 0 radical (unpaired) electrons. The van der Waals surface area contributed by atoms with E-state index in [-0.39, 0.29) is 16.7 Å². The molecule has 0 amide bonds. The van der Waals surface area contributed by atoms with Crippen LogP contribution >= 0.6 is 15.9 Å². The second-order valence-corrected chi connectivity index (χ2v) is 3.52. The fraction of sp³-hybridized carbons (Fsp3) is 0.286. The molecular weight excluding hydrogens is 208 g/mol. The second kappa shape index (κ2) is 2.46. The van der Waals surface area contributed by atoms with Crippen molar-refractivity contribution in [1.82, 2.24) is 10.9 Å². The quantitative estimate of drug-likeness (QED) is 0.455. The number of allylic oxidation sites excluding steroid dienone is 3. The summed E-state index contributed by atoms with van der Waals surface area (Å²) in [6, 6.07) is 0. The Kier molecular flexibility index (Phi) is 1.58. The molecule has 2 N–H and O–H groups in total. The van der Waals surface area contributed by atoms with Gasteiger partial charge in [0.05, 0.1) is 10.9 Å². The van der Waals surface area contributed by atoms with Crippen LogP contribution in [0.1, 0.15) is 0 Å². The molecule has 1 saturated heterocycles. The highest BCUT2D eigenvalue weighted by atomic mass is 79.9. The maximum atomic E-state index is 11.2. The van der Waals surface area contributed by atoms with Crippen molar-refractivity contribution >= 4 is 21.7 Å². The summed E-state index contributed by atoms with van der Waals surface area (Å²) in [6.07, 6.45) is 5.26. The van der Waals surface area contributed by atoms with Gasteiger partial charge in [-0.2, -0.15) is 0 Å². The third-order valence-corrected chi connectivity index (χ3v) is 2.58. The molecule has 2 atom stereocenters. The monoisotopic (exact) mass is 214 g/mol. The Morgan fingerprint density at radius 3 is 3.09 bits per heavy atom. The summed E-state index contributed by atoms with van der Waals surface area (Å²) in [6.45, 7) is 0. The van der Waals surface area contributed by atoms with Gasteiger partial charge in [-0.25, -0.2) is 5.43 Å². The molecule has 1 aliphatic carbocycles. The molecule has 11 heavy (non-hydrogen) atoms. The predicted molar refractivity (Wildman–Crippen MR) is 44.7 cm³/mol. The Bertz CT molecular complexity index is 259. The summed E-state index contributed by atoms with van der Waals surface area (Å²) >= 11 is 3.35. The maximum absolute atomic E-state index is 11.2. The molecule has 3 nitrogen and oxygen atoms in total. The van der Waals surface area contributed by atoms with E-state index in [2.05, 4.69) is 26.8 Å². The number of nitrogens with one attached hydrogen (secondary N) is 2. The Balaban J connectivity index is 2.34. The van der Waals surface area contributed by atoms with Gasteiger partial charge in [0.1, 0.15) is 0 Å². The Labute approximate surface area is 72.6 Å². The number of alkyl halides is 1. The van der Waals surface area contributed by atoms with Crippen molar-refractivity contribution in [3.63, 3.8) is 0 Å². The van der Waals surface area contributed by atoms with E-state index in [4.69, 9.17) is 0 Å². The van der Waals surface area contributed by atoms with Gasteiger partial charge in [-0.1, -0.05) is 22.0 Å². The first-order valence-electron chi connectivity index (χ1n) is 3.37. The lowest BCUT2D eigenvalue weighted by Gasteiger charge is -2.11. The third kappa shape index (κ3) is 1.02. The number of carbonyl (C=O) groups is 1. The first-order valence-corrected chi connectivity index (χ1v) is 4.28. The normalized spacial score (nSPS) is 34.6. The van der Waals surface area contributed by atoms with Gasteiger partial charge < -0.3 is 5.43 Å². The molecule has 58 valence electrons. The zero-order valence-electron chi connectivity index (χ0n) is 5.67. The first kappa shape index (κ1) is 7.06. The van der Waals surface area contributed by atoms with Gasteiger partial charge in [0.15, 0.2) is 5.78 Å². The average Bonchev–Trinajstić information content (AvgIpc) is 2.34. The van der Waals surface area contributed by atoms with Crippen molar-refractivity contribution in [2.75, 3.05) is 0 Å². The molecule has 1 fully saturated rings. The van der Waals surface area contributed by atoms with Crippen LogP contribution in [-0.4, -0.2) is 10.7 Å². The van der Waals surface area contributed by atoms with Crippen molar-refractivity contribution in [3.8, 4) is 0 Å². The summed E-state index contributed by atoms with van der Waals surface area (Å²) in [5.41, 5.74) is 6.80. The summed E-state index contributed by atoms with van der Waals surface area (Å²) < 4.78 is 0. The van der Waals surface area contributed by atoms with Crippen molar-refractivity contribution in [3.05, 3.63) is 23.9 Å². The lowest BCUT2D eigenvalue weighted by atomic mass is 9.97. The minimum absolute atomic E-state index is 0.0196. The molecule has 2 rings (SSSR count). The zero-order valence-corrected chi connectivity index (χ0v) is 7.26. The zero-order chi connectivity index (χ0) is 7.84. The summed E-state index contributed by atoms with van der Waals surface area (Å²) in [4.78, 5) is 11.3. The van der Waals surface area contributed by atoms with Gasteiger partial charge in [0, 0.05) is 5.70 Å². The summed E-state index contributed by atoms with van der Waals surface area (Å²) in [5, 5.41) is 0. The van der Waals surface area contributed by atoms with Crippen LogP contribution in [0, 0.1) is 5.92 Å². The molecule has 1 aliphatic heterocycles. The topological polar surface area (TPSA) is 41.1 Å². The number of fused-ring (bicyclic) bond motifs is 1. The number of halogens is 1. The molecule has 0 saturated carbocycles. The van der Waals surface area contributed by atoms with Crippen molar-refractivity contribution in [2.24, 2.45) is 5.92 Å². The van der Waals surface area contributed by atoms with Crippen LogP contribution in [0.4, 0.5) is 0 Å². The van der Waals surface area contributed by atoms with Crippen LogP contribution in [0.5, 0.6) is 0 Å². The SMILES string of the molecule is O=C1C=CC=C2NNC(Br)C12. The van der Waals surface area contributed by atoms with E-state index in [1.165, 1.54) is 0 Å². The van der Waals surface area contributed by atoms with Gasteiger partial charge in [0.2, 0.25) is 0 Å². The lowest BCUT2D eigenvalue weighted by molar-refractivity contribution is -0.117. The summed E-state index contributed by atoms with van der Waals surface area (Å²) in [7, 11) is 0. The minimum Gasteiger partial charge on any atom is -0.324 e. The van der Waals surface area contributed by atoms with E-state index in [0.29, 0.717) is 0 Å². The third-order valence-electron chi connectivity index (χ3n) is 1.82. The Hall–Kier alpha value is -0.610. The summed E-state index contributed by atoms with van der Waals surface area (Å²) in [5.74, 6) is 0.0712. The number of hydrogen-bond donors (Lipinski definition) is 2. The molecule has 0 spiro atoms. The van der Waals surface area contributed by atoms with Gasteiger partial charge in [-0.3, -0.25) is 4.79 Å². The van der Waals surface area contributed by atoms with Crippen molar-refractivity contribution < 1.29 is 4.79 Å². The van der Waals surface area contributed by atoms with Crippen LogP contribution in [0.25, 0.3) is 0 Å². The van der Waals surface area contributed by atoms with Crippen molar-refractivity contribution in [2.45, 2.75) is 4.95 Å². The lowest BCUT2D eigenvalue weighted by Crippen LogP contribution is -2.27. The van der Waals surface area contributed by atoms with Crippen LogP contribution < -0.4 is 10.9 Å². The number of hydrazine groups is 1. The van der Waals surface area contributed by atoms with Crippen molar-refractivity contribution in [1.29, 1.82) is 0 Å². The largest absolute Gasteiger partial charge is 0.324 e. The maximum Gasteiger partial charge on any atom is 0.167 e. The molecule has 0 aromatic carbocycles. The van der Waals surface area contributed by atoms with Gasteiger partial charge in [-0.05, 0) is 12.2 Å². The average molecular weight is 215 g/mol. The number of ketones is 1. The van der Waals surface area contributed by atoms with Gasteiger partial charge in [-0.15, -0.1) is 0 Å². The number of hydrogen-bond acceptors (Lipinski definition) is 3. The molecule has 0 aromatic rings. The van der Waals surface area contributed by atoms with E-state index in [1.54, 1.807) is 12.2 Å². The molecule has 1 heterocycles. The Morgan fingerprint density at radius 1 is 1.55 bits per heavy atom. The number of rotatable bonds is 0. The molecule has 2 aliphatic rings. The smallest absolute Gasteiger partial charge is 0.167 e. The molecule has 4 heteroatoms. The molecule has 0 aromatic heterocycles. The van der Waals surface area contributed by atoms with Crippen LogP contribution in [0.15, 0.2) is 23.9 Å². The standard InChI is InChI=1S/C7H7BrN2O/c8-7-6-4(9-10-7)2-1-3-5(6)11/h1-3,6-7,9-10H. The van der Waals surface area contributed by atoms with Crippen LogP contribution in [0.3, 0.4) is 0 Å². The van der Waals surface area contributed by atoms with Crippen LogP contribution in [0.2, 0.25) is 0 Å². The Morgan fingerprint density at radius 2 is 2.36 bits per heavy atom. The van der Waals surface area contributed by atoms with E-state index in [9.17, 15) is 4.79 Å². The second-order valence-electron chi connectivity index (χ2n) is 2.53. The predicted octanol–water partition coefficient (Wildman–Crippen LogP) is 0.454. The van der Waals surface area contributed by atoms with Crippen LogP contribution in [-0.2, 0) is 4.79 Å². The highest BCUT2D eigenvalue weighted by Gasteiger charge is 2.34. The highest BCUT2D eigenvalue weighted by molar-refractivity contribution is 9.09. The van der Waals surface area contributed by atoms with E-state index in [1.807, 2.05) is 6.08 Å². The van der Waals surface area contributed by atoms with Gasteiger partial charge in [0.25, 0.3) is 0 Å². The van der Waals surface area contributed by atoms with E-state index < -0.39 is 0 Å². The first-order chi connectivity index (χ1) is 5.29. The molecule has 0 bridgehead atoms. The molecule has 2 unspecified atom stereocenters. The molecular formula is C7H7BrN2O. The van der Waals surface area contributed by atoms with E-state index in [0.717, 1.165) is 5.70 Å². The minimum atomic E-state index is -0.0694. The highest BCUT2D eigenvalue weighted by Crippen LogP contribution is 2.26. The fourth-order valence-corrected chi connectivity index (χ4v) is 1.92. The van der Waals surface area contributed by atoms with Gasteiger partial charge >= 0.3 is 0 Å². The number of carbonyl (C=O) groups excluding carboxylic acids is 1. The van der Waals surface area contributed by atoms with E-state index >= 15 is 0 Å².